The Bertz CT molecular complexity index is 693. The quantitative estimate of drug-likeness (QED) is 0.797. The molecule has 0 saturated carbocycles. The van der Waals surface area contributed by atoms with E-state index in [2.05, 4.69) is 10.6 Å². The zero-order chi connectivity index (χ0) is 17.5. The van der Waals surface area contributed by atoms with Crippen LogP contribution in [0.15, 0.2) is 24.3 Å². The molecule has 5 amide bonds. The van der Waals surface area contributed by atoms with Crippen molar-refractivity contribution < 1.29 is 14.4 Å². The topological polar surface area (TPSA) is 81.8 Å². The van der Waals surface area contributed by atoms with Crippen LogP contribution < -0.4 is 10.6 Å². The van der Waals surface area contributed by atoms with Gasteiger partial charge in [0.1, 0.15) is 5.54 Å². The lowest BCUT2D eigenvalue weighted by Gasteiger charge is -2.23. The van der Waals surface area contributed by atoms with Crippen molar-refractivity contribution in [2.75, 3.05) is 20.1 Å². The number of halogens is 1. The van der Waals surface area contributed by atoms with E-state index in [1.165, 1.54) is 7.05 Å². The molecule has 128 valence electrons. The summed E-state index contributed by atoms with van der Waals surface area (Å²) in [5, 5.41) is 6.25. The van der Waals surface area contributed by atoms with Crippen molar-refractivity contribution >= 4 is 29.6 Å². The standard InChI is InChI=1S/C16H19ClN4O3/c1-10(11-3-5-12(17)6-4-11)18-14(23)21-8-7-16(9-21)13(22)20(2)15(24)19-16/h3-6,10H,7-9H2,1-2H3,(H,18,23)(H,19,24)/t10-,16?/m1/s1. The van der Waals surface area contributed by atoms with Crippen LogP contribution in [0.2, 0.25) is 5.02 Å². The zero-order valence-electron chi connectivity index (χ0n) is 13.5. The van der Waals surface area contributed by atoms with Gasteiger partial charge in [0, 0.05) is 18.6 Å². The van der Waals surface area contributed by atoms with E-state index in [0.717, 1.165) is 10.5 Å². The van der Waals surface area contributed by atoms with E-state index < -0.39 is 11.6 Å². The minimum absolute atomic E-state index is 0.182. The number of hydrogen-bond donors (Lipinski definition) is 2. The third-order valence-electron chi connectivity index (χ3n) is 4.63. The molecule has 2 fully saturated rings. The highest BCUT2D eigenvalue weighted by molar-refractivity contribution is 6.30. The van der Waals surface area contributed by atoms with Gasteiger partial charge in [0.2, 0.25) is 0 Å². The highest BCUT2D eigenvalue weighted by Crippen LogP contribution is 2.28. The summed E-state index contributed by atoms with van der Waals surface area (Å²) in [5.74, 6) is -0.284. The fraction of sp³-hybridized carbons (Fsp3) is 0.438. The molecule has 1 aromatic carbocycles. The fourth-order valence-electron chi connectivity index (χ4n) is 3.13. The van der Waals surface area contributed by atoms with Crippen molar-refractivity contribution in [1.82, 2.24) is 20.4 Å². The fourth-order valence-corrected chi connectivity index (χ4v) is 3.25. The molecular formula is C16H19ClN4O3. The van der Waals surface area contributed by atoms with Crippen LogP contribution in [-0.2, 0) is 4.79 Å². The first-order valence-corrected chi connectivity index (χ1v) is 8.11. The number of amides is 5. The molecule has 0 aromatic heterocycles. The number of benzene rings is 1. The molecule has 0 radical (unpaired) electrons. The number of imide groups is 1. The molecule has 2 saturated heterocycles. The maximum Gasteiger partial charge on any atom is 0.324 e. The van der Waals surface area contributed by atoms with Gasteiger partial charge in [-0.2, -0.15) is 0 Å². The van der Waals surface area contributed by atoms with Crippen LogP contribution in [0.1, 0.15) is 24.9 Å². The van der Waals surface area contributed by atoms with Crippen molar-refractivity contribution in [3.63, 3.8) is 0 Å². The molecule has 2 atom stereocenters. The minimum Gasteiger partial charge on any atom is -0.331 e. The van der Waals surface area contributed by atoms with Gasteiger partial charge in [-0.3, -0.25) is 9.69 Å². The highest BCUT2D eigenvalue weighted by atomic mass is 35.5. The van der Waals surface area contributed by atoms with Crippen molar-refractivity contribution in [2.24, 2.45) is 0 Å². The van der Waals surface area contributed by atoms with Gasteiger partial charge in [-0.25, -0.2) is 9.59 Å². The summed E-state index contributed by atoms with van der Waals surface area (Å²) in [6.07, 6.45) is 0.421. The van der Waals surface area contributed by atoms with Gasteiger partial charge >= 0.3 is 12.1 Å². The molecule has 0 bridgehead atoms. The maximum absolute atomic E-state index is 12.5. The van der Waals surface area contributed by atoms with E-state index in [1.807, 2.05) is 19.1 Å². The van der Waals surface area contributed by atoms with Crippen LogP contribution in [0, 0.1) is 0 Å². The number of carbonyl (C=O) groups excluding carboxylic acids is 3. The lowest BCUT2D eigenvalue weighted by Crippen LogP contribution is -2.51. The Hall–Kier alpha value is -2.28. The molecule has 0 aliphatic carbocycles. The third kappa shape index (κ3) is 2.80. The molecule has 3 rings (SSSR count). The number of urea groups is 2. The molecule has 2 heterocycles. The van der Waals surface area contributed by atoms with Gasteiger partial charge in [0.05, 0.1) is 12.6 Å². The number of nitrogens with zero attached hydrogens (tertiary/aromatic N) is 2. The Kier molecular flexibility index (Phi) is 4.13. The van der Waals surface area contributed by atoms with E-state index in [0.29, 0.717) is 18.0 Å². The SMILES string of the molecule is C[C@@H](NC(=O)N1CCC2(C1)NC(=O)N(C)C2=O)c1ccc(Cl)cc1. The van der Waals surface area contributed by atoms with Crippen molar-refractivity contribution in [3.8, 4) is 0 Å². The first-order chi connectivity index (χ1) is 11.3. The minimum atomic E-state index is -0.979. The molecule has 2 aliphatic rings. The second kappa shape index (κ2) is 5.98. The van der Waals surface area contributed by atoms with Gasteiger partial charge in [0.25, 0.3) is 5.91 Å². The van der Waals surface area contributed by atoms with Gasteiger partial charge in [-0.15, -0.1) is 0 Å². The summed E-state index contributed by atoms with van der Waals surface area (Å²) in [7, 11) is 1.44. The van der Waals surface area contributed by atoms with E-state index in [4.69, 9.17) is 11.6 Å². The molecule has 1 spiro atoms. The Labute approximate surface area is 144 Å². The lowest BCUT2D eigenvalue weighted by atomic mass is 9.99. The van der Waals surface area contributed by atoms with Crippen LogP contribution in [0.4, 0.5) is 9.59 Å². The van der Waals surface area contributed by atoms with E-state index >= 15 is 0 Å². The average Bonchev–Trinajstić information content (AvgIpc) is 3.06. The Balaban J connectivity index is 1.64. The lowest BCUT2D eigenvalue weighted by molar-refractivity contribution is -0.129. The van der Waals surface area contributed by atoms with Gasteiger partial charge in [0.15, 0.2) is 0 Å². The smallest absolute Gasteiger partial charge is 0.324 e. The third-order valence-corrected chi connectivity index (χ3v) is 4.88. The van der Waals surface area contributed by atoms with Gasteiger partial charge < -0.3 is 15.5 Å². The van der Waals surface area contributed by atoms with E-state index in [9.17, 15) is 14.4 Å². The first-order valence-electron chi connectivity index (χ1n) is 7.74. The summed E-state index contributed by atoms with van der Waals surface area (Å²) in [4.78, 5) is 39.0. The molecule has 2 N–H and O–H groups in total. The number of hydrogen-bond acceptors (Lipinski definition) is 3. The molecule has 1 aromatic rings. The van der Waals surface area contributed by atoms with Crippen LogP contribution in [0.25, 0.3) is 0 Å². The predicted octanol–water partition coefficient (Wildman–Crippen LogP) is 1.74. The largest absolute Gasteiger partial charge is 0.331 e. The summed E-state index contributed by atoms with van der Waals surface area (Å²) in [6, 6.07) is 6.38. The summed E-state index contributed by atoms with van der Waals surface area (Å²) in [5.41, 5.74) is -0.0428. The number of nitrogens with one attached hydrogen (secondary N) is 2. The first kappa shape index (κ1) is 16.6. The van der Waals surface area contributed by atoms with Crippen LogP contribution in [-0.4, -0.2) is 53.4 Å². The predicted molar refractivity (Wildman–Crippen MR) is 88.6 cm³/mol. The summed E-state index contributed by atoms with van der Waals surface area (Å²) >= 11 is 5.87. The Morgan fingerprint density at radius 3 is 2.58 bits per heavy atom. The second-order valence-corrected chi connectivity index (χ2v) is 6.71. The van der Waals surface area contributed by atoms with Crippen LogP contribution in [0.5, 0.6) is 0 Å². The second-order valence-electron chi connectivity index (χ2n) is 6.27. The number of likely N-dealkylation sites (tertiary alicyclic amines) is 1. The van der Waals surface area contributed by atoms with Gasteiger partial charge in [-0.05, 0) is 31.0 Å². The number of rotatable bonds is 2. The average molecular weight is 351 g/mol. The molecular weight excluding hydrogens is 332 g/mol. The highest BCUT2D eigenvalue weighted by Gasteiger charge is 2.54. The molecule has 1 unspecified atom stereocenters. The Morgan fingerprint density at radius 2 is 2.00 bits per heavy atom. The molecule has 2 aliphatic heterocycles. The van der Waals surface area contributed by atoms with Crippen LogP contribution in [0.3, 0.4) is 0 Å². The monoisotopic (exact) mass is 350 g/mol. The number of carbonyl (C=O) groups is 3. The summed E-state index contributed by atoms with van der Waals surface area (Å²) in [6.45, 7) is 2.48. The Morgan fingerprint density at radius 1 is 1.33 bits per heavy atom. The van der Waals surface area contributed by atoms with Crippen molar-refractivity contribution in [3.05, 3.63) is 34.9 Å². The molecule has 8 heteroatoms. The van der Waals surface area contributed by atoms with Crippen molar-refractivity contribution in [2.45, 2.75) is 24.9 Å². The van der Waals surface area contributed by atoms with Gasteiger partial charge in [-0.1, -0.05) is 23.7 Å². The van der Waals surface area contributed by atoms with E-state index in [1.54, 1.807) is 17.0 Å². The summed E-state index contributed by atoms with van der Waals surface area (Å²) < 4.78 is 0. The van der Waals surface area contributed by atoms with E-state index in [-0.39, 0.29) is 24.5 Å². The maximum atomic E-state index is 12.5. The van der Waals surface area contributed by atoms with Crippen LogP contribution >= 0.6 is 11.6 Å². The molecule has 7 nitrogen and oxygen atoms in total. The zero-order valence-corrected chi connectivity index (χ0v) is 14.3. The number of likely N-dealkylation sites (N-methyl/N-ethyl adjacent to an activating group) is 1. The normalized spacial score (nSPS) is 24.5. The van der Waals surface area contributed by atoms with Crippen molar-refractivity contribution in [1.29, 1.82) is 0 Å². The molecule has 24 heavy (non-hydrogen) atoms.